The summed E-state index contributed by atoms with van der Waals surface area (Å²) in [5, 5.41) is 0. The van der Waals surface area contributed by atoms with Gasteiger partial charge in [-0.3, -0.25) is 9.59 Å². The van der Waals surface area contributed by atoms with E-state index in [2.05, 4.69) is 12.1 Å². The van der Waals surface area contributed by atoms with Gasteiger partial charge in [0.15, 0.2) is 5.78 Å². The first-order chi connectivity index (χ1) is 12.0. The van der Waals surface area contributed by atoms with E-state index < -0.39 is 0 Å². The highest BCUT2D eigenvalue weighted by molar-refractivity contribution is 5.98. The van der Waals surface area contributed by atoms with Crippen molar-refractivity contribution in [2.45, 2.75) is 31.7 Å². The molecular weight excluding hydrogens is 312 g/mol. The Balaban J connectivity index is 1.55. The number of nitrogens with zero attached hydrogens (tertiary/aromatic N) is 1. The van der Waals surface area contributed by atoms with Crippen molar-refractivity contribution in [1.82, 2.24) is 4.90 Å². The highest BCUT2D eigenvalue weighted by atomic mass is 16.2. The van der Waals surface area contributed by atoms with Crippen molar-refractivity contribution in [3.05, 3.63) is 71.3 Å². The number of rotatable bonds is 5. The predicted octanol–water partition coefficient (Wildman–Crippen LogP) is 2.91. The fraction of sp³-hybridized carbons (Fsp3) is 0.333. The van der Waals surface area contributed by atoms with Crippen LogP contribution in [0.4, 0.5) is 0 Å². The third kappa shape index (κ3) is 4.15. The normalized spacial score (nSPS) is 19.8. The second-order valence-corrected chi connectivity index (χ2v) is 6.77. The first-order valence-corrected chi connectivity index (χ1v) is 8.73. The zero-order valence-corrected chi connectivity index (χ0v) is 14.5. The van der Waals surface area contributed by atoms with Crippen molar-refractivity contribution in [2.24, 2.45) is 5.73 Å². The fourth-order valence-electron chi connectivity index (χ4n) is 3.35. The summed E-state index contributed by atoms with van der Waals surface area (Å²) in [7, 11) is 0. The summed E-state index contributed by atoms with van der Waals surface area (Å²) in [5.74, 6) is 0.184. The predicted molar refractivity (Wildman–Crippen MR) is 98.5 cm³/mol. The molecular formula is C21H24N2O2. The molecule has 0 bridgehead atoms. The van der Waals surface area contributed by atoms with E-state index in [0.29, 0.717) is 18.7 Å². The fourth-order valence-corrected chi connectivity index (χ4v) is 3.35. The van der Waals surface area contributed by atoms with E-state index in [1.165, 1.54) is 5.56 Å². The SMILES string of the molecule is Cc1ccc(C(=O)CCC(=O)N2C[C@@H](N)[C@H](c3ccccc3)C2)cc1. The lowest BCUT2D eigenvalue weighted by molar-refractivity contribution is -0.130. The lowest BCUT2D eigenvalue weighted by atomic mass is 9.95. The molecule has 1 amide bonds. The van der Waals surface area contributed by atoms with Crippen LogP contribution in [0, 0.1) is 6.92 Å². The van der Waals surface area contributed by atoms with Gasteiger partial charge in [0.2, 0.25) is 5.91 Å². The van der Waals surface area contributed by atoms with Crippen molar-refractivity contribution in [2.75, 3.05) is 13.1 Å². The van der Waals surface area contributed by atoms with E-state index in [-0.39, 0.29) is 36.5 Å². The Bertz CT molecular complexity index is 740. The summed E-state index contributed by atoms with van der Waals surface area (Å²) in [5.41, 5.74) is 9.19. The number of ketones is 1. The van der Waals surface area contributed by atoms with Crippen LogP contribution in [-0.2, 0) is 4.79 Å². The van der Waals surface area contributed by atoms with Crippen LogP contribution in [0.2, 0.25) is 0 Å². The molecule has 0 aliphatic carbocycles. The molecule has 2 atom stereocenters. The molecule has 0 radical (unpaired) electrons. The number of hydrogen-bond donors (Lipinski definition) is 1. The number of amides is 1. The minimum absolute atomic E-state index is 0.00865. The Labute approximate surface area is 148 Å². The van der Waals surface area contributed by atoms with E-state index in [0.717, 1.165) is 5.56 Å². The number of nitrogens with two attached hydrogens (primary N) is 1. The highest BCUT2D eigenvalue weighted by Gasteiger charge is 2.33. The van der Waals surface area contributed by atoms with Crippen molar-refractivity contribution in [3.8, 4) is 0 Å². The molecule has 1 fully saturated rings. The van der Waals surface area contributed by atoms with Crippen molar-refractivity contribution < 1.29 is 9.59 Å². The molecule has 2 aromatic carbocycles. The summed E-state index contributed by atoms with van der Waals surface area (Å²) in [6.45, 7) is 3.16. The van der Waals surface area contributed by atoms with Gasteiger partial charge in [0.1, 0.15) is 0 Å². The molecule has 1 aliphatic rings. The van der Waals surface area contributed by atoms with Gasteiger partial charge in [-0.1, -0.05) is 60.2 Å². The smallest absolute Gasteiger partial charge is 0.223 e. The van der Waals surface area contributed by atoms with Gasteiger partial charge in [0, 0.05) is 43.5 Å². The maximum absolute atomic E-state index is 12.5. The molecule has 4 heteroatoms. The van der Waals surface area contributed by atoms with Crippen LogP contribution in [0.5, 0.6) is 0 Å². The third-order valence-corrected chi connectivity index (χ3v) is 4.89. The minimum atomic E-state index is -0.0563. The van der Waals surface area contributed by atoms with Gasteiger partial charge in [0.25, 0.3) is 0 Å². The number of likely N-dealkylation sites (tertiary alicyclic amines) is 1. The molecule has 1 heterocycles. The molecule has 2 aromatic rings. The van der Waals surface area contributed by atoms with Crippen LogP contribution in [0.1, 0.15) is 40.2 Å². The highest BCUT2D eigenvalue weighted by Crippen LogP contribution is 2.27. The molecule has 130 valence electrons. The van der Waals surface area contributed by atoms with Gasteiger partial charge < -0.3 is 10.6 Å². The third-order valence-electron chi connectivity index (χ3n) is 4.89. The molecule has 25 heavy (non-hydrogen) atoms. The molecule has 0 saturated carbocycles. The quantitative estimate of drug-likeness (QED) is 0.854. The topological polar surface area (TPSA) is 63.4 Å². The Morgan fingerprint density at radius 3 is 2.36 bits per heavy atom. The lowest BCUT2D eigenvalue weighted by Gasteiger charge is -2.16. The number of hydrogen-bond acceptors (Lipinski definition) is 3. The van der Waals surface area contributed by atoms with E-state index in [4.69, 9.17) is 5.73 Å². The summed E-state index contributed by atoms with van der Waals surface area (Å²) in [6, 6.07) is 17.5. The van der Waals surface area contributed by atoms with Gasteiger partial charge in [-0.25, -0.2) is 0 Å². The van der Waals surface area contributed by atoms with E-state index in [9.17, 15) is 9.59 Å². The minimum Gasteiger partial charge on any atom is -0.340 e. The molecule has 1 aliphatic heterocycles. The lowest BCUT2D eigenvalue weighted by Crippen LogP contribution is -2.32. The first-order valence-electron chi connectivity index (χ1n) is 8.73. The molecule has 2 N–H and O–H groups in total. The molecule has 0 spiro atoms. The second-order valence-electron chi connectivity index (χ2n) is 6.77. The number of benzene rings is 2. The Kier molecular flexibility index (Phi) is 5.29. The van der Waals surface area contributed by atoms with Gasteiger partial charge in [-0.05, 0) is 12.5 Å². The average molecular weight is 336 g/mol. The van der Waals surface area contributed by atoms with E-state index in [1.807, 2.05) is 49.4 Å². The van der Waals surface area contributed by atoms with E-state index in [1.54, 1.807) is 4.90 Å². The first kappa shape index (κ1) is 17.4. The van der Waals surface area contributed by atoms with Crippen LogP contribution >= 0.6 is 0 Å². The number of carbonyl (C=O) groups excluding carboxylic acids is 2. The molecule has 0 unspecified atom stereocenters. The van der Waals surface area contributed by atoms with Gasteiger partial charge in [0.05, 0.1) is 0 Å². The van der Waals surface area contributed by atoms with Crippen molar-refractivity contribution >= 4 is 11.7 Å². The number of Topliss-reactive ketones (excluding diaryl/α,β-unsaturated/α-hetero) is 1. The largest absolute Gasteiger partial charge is 0.340 e. The molecule has 0 aromatic heterocycles. The zero-order valence-electron chi connectivity index (χ0n) is 14.5. The number of aryl methyl sites for hydroxylation is 1. The zero-order chi connectivity index (χ0) is 17.8. The van der Waals surface area contributed by atoms with Gasteiger partial charge in [-0.2, -0.15) is 0 Å². The summed E-state index contributed by atoms with van der Waals surface area (Å²) >= 11 is 0. The maximum atomic E-state index is 12.5. The van der Waals surface area contributed by atoms with Gasteiger partial charge in [-0.15, -0.1) is 0 Å². The summed E-state index contributed by atoms with van der Waals surface area (Å²) < 4.78 is 0. The number of carbonyl (C=O) groups is 2. The van der Waals surface area contributed by atoms with Crippen LogP contribution in [0.25, 0.3) is 0 Å². The van der Waals surface area contributed by atoms with Crippen LogP contribution in [-0.4, -0.2) is 35.7 Å². The Hall–Kier alpha value is -2.46. The van der Waals surface area contributed by atoms with Crippen molar-refractivity contribution in [3.63, 3.8) is 0 Å². The summed E-state index contributed by atoms with van der Waals surface area (Å²) in [4.78, 5) is 26.5. The monoisotopic (exact) mass is 336 g/mol. The standard InChI is InChI=1S/C21H24N2O2/c1-15-7-9-17(10-8-15)20(24)11-12-21(25)23-13-18(19(22)14-23)16-5-3-2-4-6-16/h2-10,18-19H,11-14,22H2,1H3/t18-,19+/m0/s1. The van der Waals surface area contributed by atoms with Crippen LogP contribution in [0.3, 0.4) is 0 Å². The molecule has 4 nitrogen and oxygen atoms in total. The van der Waals surface area contributed by atoms with Crippen LogP contribution < -0.4 is 5.73 Å². The maximum Gasteiger partial charge on any atom is 0.223 e. The second kappa shape index (κ2) is 7.62. The van der Waals surface area contributed by atoms with E-state index >= 15 is 0 Å². The van der Waals surface area contributed by atoms with Crippen molar-refractivity contribution in [1.29, 1.82) is 0 Å². The van der Waals surface area contributed by atoms with Crippen LogP contribution in [0.15, 0.2) is 54.6 Å². The summed E-state index contributed by atoms with van der Waals surface area (Å²) in [6.07, 6.45) is 0.477. The molecule has 1 saturated heterocycles. The average Bonchev–Trinajstić information content (AvgIpc) is 3.02. The Morgan fingerprint density at radius 2 is 1.68 bits per heavy atom. The van der Waals surface area contributed by atoms with Gasteiger partial charge >= 0.3 is 0 Å². The molecule has 3 rings (SSSR count). The Morgan fingerprint density at radius 1 is 1.00 bits per heavy atom.